The standard InChI is InChI=1S/C19H22F3NO/c1-13-5-3-4-6-16(13)11-14(2)23-12-18(24)15-7-9-17(10-8-15)19(20,21)22/h3-10,14,18,23-24H,11-12H2,1-2H3/t14?,18-/m0/s1. The van der Waals surface area contributed by atoms with Crippen molar-refractivity contribution in [1.29, 1.82) is 0 Å². The largest absolute Gasteiger partial charge is 0.416 e. The lowest BCUT2D eigenvalue weighted by Crippen LogP contribution is -2.32. The van der Waals surface area contributed by atoms with Crippen LogP contribution in [0.15, 0.2) is 48.5 Å². The van der Waals surface area contributed by atoms with Crippen molar-refractivity contribution in [3.8, 4) is 0 Å². The molecular weight excluding hydrogens is 315 g/mol. The van der Waals surface area contributed by atoms with Crippen LogP contribution in [0.25, 0.3) is 0 Å². The third-order valence-electron chi connectivity index (χ3n) is 4.07. The van der Waals surface area contributed by atoms with Gasteiger partial charge in [0.15, 0.2) is 0 Å². The summed E-state index contributed by atoms with van der Waals surface area (Å²) in [4.78, 5) is 0. The van der Waals surface area contributed by atoms with E-state index in [0.29, 0.717) is 12.1 Å². The summed E-state index contributed by atoms with van der Waals surface area (Å²) in [5.74, 6) is 0. The van der Waals surface area contributed by atoms with Crippen LogP contribution in [0.3, 0.4) is 0 Å². The van der Waals surface area contributed by atoms with Gasteiger partial charge < -0.3 is 10.4 Å². The first-order chi connectivity index (χ1) is 11.3. The molecule has 0 amide bonds. The molecule has 0 radical (unpaired) electrons. The number of nitrogens with one attached hydrogen (secondary N) is 1. The molecule has 2 N–H and O–H groups in total. The number of hydrogen-bond donors (Lipinski definition) is 2. The molecule has 2 nitrogen and oxygen atoms in total. The predicted molar refractivity (Wildman–Crippen MR) is 88.8 cm³/mol. The summed E-state index contributed by atoms with van der Waals surface area (Å²) in [5, 5.41) is 13.4. The minimum atomic E-state index is -4.36. The summed E-state index contributed by atoms with van der Waals surface area (Å²) < 4.78 is 37.6. The Balaban J connectivity index is 1.88. The van der Waals surface area contributed by atoms with Crippen molar-refractivity contribution in [1.82, 2.24) is 5.32 Å². The number of alkyl halides is 3. The van der Waals surface area contributed by atoms with Crippen molar-refractivity contribution in [2.75, 3.05) is 6.54 Å². The molecule has 0 aliphatic heterocycles. The van der Waals surface area contributed by atoms with Crippen LogP contribution in [-0.2, 0) is 12.6 Å². The molecule has 2 atom stereocenters. The van der Waals surface area contributed by atoms with Gasteiger partial charge in [-0.2, -0.15) is 13.2 Å². The highest BCUT2D eigenvalue weighted by atomic mass is 19.4. The Labute approximate surface area is 140 Å². The summed E-state index contributed by atoms with van der Waals surface area (Å²) in [6, 6.07) is 12.9. The van der Waals surface area contributed by atoms with Crippen LogP contribution < -0.4 is 5.32 Å². The van der Waals surface area contributed by atoms with Gasteiger partial charge in [-0.3, -0.25) is 0 Å². The topological polar surface area (TPSA) is 32.3 Å². The van der Waals surface area contributed by atoms with Crippen molar-refractivity contribution < 1.29 is 18.3 Å². The van der Waals surface area contributed by atoms with E-state index in [1.807, 2.05) is 19.1 Å². The molecule has 0 heterocycles. The maximum atomic E-state index is 12.5. The molecule has 0 spiro atoms. The molecule has 0 bridgehead atoms. The zero-order valence-electron chi connectivity index (χ0n) is 13.8. The first kappa shape index (κ1) is 18.5. The fourth-order valence-corrected chi connectivity index (χ4v) is 2.57. The Kier molecular flexibility index (Phi) is 6.02. The molecule has 130 valence electrons. The lowest BCUT2D eigenvalue weighted by Gasteiger charge is -2.18. The SMILES string of the molecule is Cc1ccccc1CC(C)NC[C@H](O)c1ccc(C(F)(F)F)cc1. The van der Waals surface area contributed by atoms with E-state index in [9.17, 15) is 18.3 Å². The molecule has 2 aromatic rings. The van der Waals surface area contributed by atoms with Gasteiger partial charge in [0.25, 0.3) is 0 Å². The van der Waals surface area contributed by atoms with Crippen molar-refractivity contribution >= 4 is 0 Å². The molecule has 5 heteroatoms. The molecule has 1 unspecified atom stereocenters. The Morgan fingerprint density at radius 3 is 2.25 bits per heavy atom. The van der Waals surface area contributed by atoms with Gasteiger partial charge in [0.05, 0.1) is 11.7 Å². The zero-order valence-corrected chi connectivity index (χ0v) is 13.8. The monoisotopic (exact) mass is 337 g/mol. The minimum Gasteiger partial charge on any atom is -0.387 e. The van der Waals surface area contributed by atoms with E-state index in [1.54, 1.807) is 0 Å². The first-order valence-corrected chi connectivity index (χ1v) is 7.90. The van der Waals surface area contributed by atoms with Crippen LogP contribution in [0.2, 0.25) is 0 Å². The maximum absolute atomic E-state index is 12.5. The fraction of sp³-hybridized carbons (Fsp3) is 0.368. The lowest BCUT2D eigenvalue weighted by molar-refractivity contribution is -0.137. The average Bonchev–Trinajstić information content (AvgIpc) is 2.54. The van der Waals surface area contributed by atoms with E-state index in [2.05, 4.69) is 24.4 Å². The molecule has 0 fully saturated rings. The Bertz CT molecular complexity index is 652. The Morgan fingerprint density at radius 2 is 1.67 bits per heavy atom. The molecule has 2 rings (SSSR count). The highest BCUT2D eigenvalue weighted by molar-refractivity contribution is 5.27. The average molecular weight is 337 g/mol. The third kappa shape index (κ3) is 5.08. The fourth-order valence-electron chi connectivity index (χ4n) is 2.57. The van der Waals surface area contributed by atoms with Crippen LogP contribution in [0.1, 0.15) is 35.3 Å². The molecule has 0 saturated carbocycles. The summed E-state index contributed by atoms with van der Waals surface area (Å²) >= 11 is 0. The lowest BCUT2D eigenvalue weighted by atomic mass is 10.0. The van der Waals surface area contributed by atoms with Gasteiger partial charge in [-0.15, -0.1) is 0 Å². The highest BCUT2D eigenvalue weighted by Crippen LogP contribution is 2.29. The molecule has 24 heavy (non-hydrogen) atoms. The van der Waals surface area contributed by atoms with E-state index in [4.69, 9.17) is 0 Å². The summed E-state index contributed by atoms with van der Waals surface area (Å²) in [6.45, 7) is 4.36. The minimum absolute atomic E-state index is 0.148. The van der Waals surface area contributed by atoms with Gasteiger partial charge in [0.2, 0.25) is 0 Å². The van der Waals surface area contributed by atoms with Crippen molar-refractivity contribution in [2.24, 2.45) is 0 Å². The summed E-state index contributed by atoms with van der Waals surface area (Å²) in [6.07, 6.45) is -4.37. The second-order valence-electron chi connectivity index (χ2n) is 6.08. The van der Waals surface area contributed by atoms with Crippen LogP contribution >= 0.6 is 0 Å². The number of benzene rings is 2. The number of hydrogen-bond acceptors (Lipinski definition) is 2. The van der Waals surface area contributed by atoms with Crippen LogP contribution in [0.4, 0.5) is 13.2 Å². The molecular formula is C19H22F3NO. The smallest absolute Gasteiger partial charge is 0.387 e. The van der Waals surface area contributed by atoms with Crippen LogP contribution in [0, 0.1) is 6.92 Å². The normalized spacial score (nSPS) is 14.4. The van der Waals surface area contributed by atoms with Crippen molar-refractivity contribution in [2.45, 2.75) is 38.6 Å². The van der Waals surface area contributed by atoms with Gasteiger partial charge >= 0.3 is 6.18 Å². The molecule has 0 aromatic heterocycles. The number of rotatable bonds is 6. The van der Waals surface area contributed by atoms with Gasteiger partial charge in [0.1, 0.15) is 0 Å². The van der Waals surface area contributed by atoms with E-state index in [0.717, 1.165) is 18.6 Å². The molecule has 2 aromatic carbocycles. The van der Waals surface area contributed by atoms with Gasteiger partial charge in [-0.1, -0.05) is 36.4 Å². The molecule has 0 aliphatic carbocycles. The maximum Gasteiger partial charge on any atom is 0.416 e. The van der Waals surface area contributed by atoms with Crippen LogP contribution in [0.5, 0.6) is 0 Å². The number of aliphatic hydroxyl groups excluding tert-OH is 1. The van der Waals surface area contributed by atoms with Gasteiger partial charge in [-0.05, 0) is 49.1 Å². The van der Waals surface area contributed by atoms with Crippen molar-refractivity contribution in [3.63, 3.8) is 0 Å². The number of aryl methyl sites for hydroxylation is 1. The second kappa shape index (κ2) is 7.81. The molecule has 0 saturated heterocycles. The predicted octanol–water partition coefficient (Wildman–Crippen LogP) is 4.27. The zero-order chi connectivity index (χ0) is 17.7. The quantitative estimate of drug-likeness (QED) is 0.825. The van der Waals surface area contributed by atoms with E-state index >= 15 is 0 Å². The highest BCUT2D eigenvalue weighted by Gasteiger charge is 2.30. The van der Waals surface area contributed by atoms with E-state index in [1.165, 1.54) is 23.3 Å². The van der Waals surface area contributed by atoms with E-state index < -0.39 is 17.8 Å². The van der Waals surface area contributed by atoms with Gasteiger partial charge in [-0.25, -0.2) is 0 Å². The Hall–Kier alpha value is -1.85. The Morgan fingerprint density at radius 1 is 1.04 bits per heavy atom. The first-order valence-electron chi connectivity index (χ1n) is 7.90. The van der Waals surface area contributed by atoms with Gasteiger partial charge in [0, 0.05) is 12.6 Å². The third-order valence-corrected chi connectivity index (χ3v) is 4.07. The number of aliphatic hydroxyl groups is 1. The number of halogens is 3. The summed E-state index contributed by atoms with van der Waals surface area (Å²) in [7, 11) is 0. The second-order valence-corrected chi connectivity index (χ2v) is 6.08. The van der Waals surface area contributed by atoms with Crippen molar-refractivity contribution in [3.05, 3.63) is 70.8 Å². The molecule has 0 aliphatic rings. The summed E-state index contributed by atoms with van der Waals surface area (Å²) in [5.41, 5.74) is 2.22. The van der Waals surface area contributed by atoms with Crippen LogP contribution in [-0.4, -0.2) is 17.7 Å². The van der Waals surface area contributed by atoms with E-state index in [-0.39, 0.29) is 6.04 Å².